The molecule has 1 aliphatic heterocycles. The fourth-order valence-electron chi connectivity index (χ4n) is 2.71. The van der Waals surface area contributed by atoms with E-state index in [1.165, 1.54) is 23.4 Å². The van der Waals surface area contributed by atoms with Gasteiger partial charge in [0.15, 0.2) is 0 Å². The van der Waals surface area contributed by atoms with E-state index in [1.54, 1.807) is 0 Å². The summed E-state index contributed by atoms with van der Waals surface area (Å²) in [6.45, 7) is 4.76. The van der Waals surface area contributed by atoms with Gasteiger partial charge in [0.05, 0.1) is 4.90 Å². The second-order valence-corrected chi connectivity index (χ2v) is 7.75. The van der Waals surface area contributed by atoms with Crippen LogP contribution in [0.5, 0.6) is 0 Å². The van der Waals surface area contributed by atoms with E-state index in [-0.39, 0.29) is 17.0 Å². The molecule has 1 atom stereocenters. The number of rotatable bonds is 3. The number of hydrogen-bond acceptors (Lipinski definition) is 3. The molecule has 0 spiro atoms. The maximum absolute atomic E-state index is 13.9. The average Bonchev–Trinajstić information content (AvgIpc) is 2.66. The van der Waals surface area contributed by atoms with Gasteiger partial charge in [0, 0.05) is 25.2 Å². The lowest BCUT2D eigenvalue weighted by atomic mass is 10.0. The third-order valence-corrected chi connectivity index (χ3v) is 6.21. The van der Waals surface area contributed by atoms with Crippen LogP contribution in [-0.2, 0) is 16.6 Å². The molecule has 1 fully saturated rings. The van der Waals surface area contributed by atoms with Gasteiger partial charge in [-0.05, 0) is 49.8 Å². The van der Waals surface area contributed by atoms with E-state index in [0.717, 1.165) is 19.3 Å². The Kier molecular flexibility index (Phi) is 5.01. The molecule has 0 radical (unpaired) electrons. The first kappa shape index (κ1) is 16.4. The van der Waals surface area contributed by atoms with Gasteiger partial charge in [-0.2, -0.15) is 4.31 Å². The van der Waals surface area contributed by atoms with E-state index in [4.69, 9.17) is 5.73 Å². The summed E-state index contributed by atoms with van der Waals surface area (Å²) in [7, 11) is -3.66. The number of nitrogens with zero attached hydrogens (tertiary/aromatic N) is 1. The summed E-state index contributed by atoms with van der Waals surface area (Å²) in [6, 6.07) is 2.81. The van der Waals surface area contributed by atoms with E-state index >= 15 is 0 Å². The lowest BCUT2D eigenvalue weighted by Crippen LogP contribution is -2.32. The predicted molar refractivity (Wildman–Crippen MR) is 80.8 cm³/mol. The summed E-state index contributed by atoms with van der Waals surface area (Å²) in [6.07, 6.45) is 2.72. The fraction of sp³-hybridized carbons (Fsp3) is 0.600. The maximum atomic E-state index is 13.9. The first-order valence-corrected chi connectivity index (χ1v) is 8.79. The standard InChI is InChI=1S/C15H23FN2O2S/c1-11-4-3-6-18(7-5-11)21(19,20)15-9-13(10-17)8-14(16)12(15)2/h8-9,11H,3-7,10,17H2,1-2H3. The van der Waals surface area contributed by atoms with Crippen LogP contribution in [0.1, 0.15) is 37.3 Å². The summed E-state index contributed by atoms with van der Waals surface area (Å²) in [5.74, 6) is 0.0122. The van der Waals surface area contributed by atoms with Crippen LogP contribution in [0.2, 0.25) is 0 Å². The summed E-state index contributed by atoms with van der Waals surface area (Å²) in [5, 5.41) is 0. The molecule has 1 aliphatic rings. The normalized spacial score (nSPS) is 21.2. The van der Waals surface area contributed by atoms with Crippen molar-refractivity contribution in [2.24, 2.45) is 11.7 Å². The summed E-state index contributed by atoms with van der Waals surface area (Å²) < 4.78 is 41.0. The van der Waals surface area contributed by atoms with Crippen LogP contribution in [0, 0.1) is 18.7 Å². The van der Waals surface area contributed by atoms with Crippen molar-refractivity contribution in [3.8, 4) is 0 Å². The Bertz CT molecular complexity index is 616. The monoisotopic (exact) mass is 314 g/mol. The van der Waals surface area contributed by atoms with E-state index < -0.39 is 15.8 Å². The Morgan fingerprint density at radius 3 is 2.71 bits per heavy atom. The van der Waals surface area contributed by atoms with Crippen molar-refractivity contribution in [3.05, 3.63) is 29.1 Å². The zero-order valence-corrected chi connectivity index (χ0v) is 13.4. The van der Waals surface area contributed by atoms with E-state index in [0.29, 0.717) is 24.6 Å². The van der Waals surface area contributed by atoms with Crippen molar-refractivity contribution in [2.75, 3.05) is 13.1 Å². The topological polar surface area (TPSA) is 63.4 Å². The van der Waals surface area contributed by atoms with Gasteiger partial charge >= 0.3 is 0 Å². The molecule has 118 valence electrons. The summed E-state index contributed by atoms with van der Waals surface area (Å²) in [5.41, 5.74) is 6.20. The van der Waals surface area contributed by atoms with Crippen LogP contribution >= 0.6 is 0 Å². The van der Waals surface area contributed by atoms with Crippen molar-refractivity contribution >= 4 is 10.0 Å². The molecular formula is C15H23FN2O2S. The molecule has 1 heterocycles. The van der Waals surface area contributed by atoms with Gasteiger partial charge in [-0.3, -0.25) is 0 Å². The van der Waals surface area contributed by atoms with Gasteiger partial charge in [0.2, 0.25) is 10.0 Å². The molecule has 0 bridgehead atoms. The largest absolute Gasteiger partial charge is 0.326 e. The molecule has 1 aromatic rings. The Morgan fingerprint density at radius 2 is 2.05 bits per heavy atom. The van der Waals surface area contributed by atoms with Crippen molar-refractivity contribution in [3.63, 3.8) is 0 Å². The zero-order chi connectivity index (χ0) is 15.6. The molecule has 6 heteroatoms. The zero-order valence-electron chi connectivity index (χ0n) is 12.6. The van der Waals surface area contributed by atoms with E-state index in [1.807, 2.05) is 0 Å². The quantitative estimate of drug-likeness (QED) is 0.932. The van der Waals surface area contributed by atoms with Crippen LogP contribution in [0.4, 0.5) is 4.39 Å². The molecule has 0 aliphatic carbocycles. The molecule has 2 N–H and O–H groups in total. The molecule has 0 saturated carbocycles. The van der Waals surface area contributed by atoms with Crippen LogP contribution in [-0.4, -0.2) is 25.8 Å². The third kappa shape index (κ3) is 3.44. The minimum absolute atomic E-state index is 0.0532. The molecule has 21 heavy (non-hydrogen) atoms. The minimum Gasteiger partial charge on any atom is -0.326 e. The lowest BCUT2D eigenvalue weighted by Gasteiger charge is -2.22. The molecule has 1 saturated heterocycles. The Morgan fingerprint density at radius 1 is 1.33 bits per heavy atom. The van der Waals surface area contributed by atoms with Gasteiger partial charge in [-0.1, -0.05) is 6.92 Å². The van der Waals surface area contributed by atoms with Gasteiger partial charge in [0.25, 0.3) is 0 Å². The lowest BCUT2D eigenvalue weighted by molar-refractivity contribution is 0.416. The number of benzene rings is 1. The molecule has 0 amide bonds. The first-order valence-electron chi connectivity index (χ1n) is 7.35. The van der Waals surface area contributed by atoms with Crippen molar-refractivity contribution in [1.29, 1.82) is 0 Å². The van der Waals surface area contributed by atoms with Crippen LogP contribution in [0.15, 0.2) is 17.0 Å². The average molecular weight is 314 g/mol. The highest BCUT2D eigenvalue weighted by molar-refractivity contribution is 7.89. The first-order chi connectivity index (χ1) is 9.86. The molecule has 2 rings (SSSR count). The summed E-state index contributed by atoms with van der Waals surface area (Å²) >= 11 is 0. The van der Waals surface area contributed by atoms with E-state index in [9.17, 15) is 12.8 Å². The maximum Gasteiger partial charge on any atom is 0.243 e. The number of halogens is 1. The van der Waals surface area contributed by atoms with Crippen LogP contribution < -0.4 is 5.73 Å². The molecule has 1 aromatic carbocycles. The highest BCUT2D eigenvalue weighted by Gasteiger charge is 2.29. The number of sulfonamides is 1. The second-order valence-electron chi connectivity index (χ2n) is 5.85. The van der Waals surface area contributed by atoms with Crippen LogP contribution in [0.25, 0.3) is 0 Å². The van der Waals surface area contributed by atoms with Crippen LogP contribution in [0.3, 0.4) is 0 Å². The summed E-state index contributed by atoms with van der Waals surface area (Å²) in [4.78, 5) is 0.0532. The fourth-order valence-corrected chi connectivity index (χ4v) is 4.49. The Hall–Kier alpha value is -0.980. The third-order valence-electron chi connectivity index (χ3n) is 4.19. The molecular weight excluding hydrogens is 291 g/mol. The smallest absolute Gasteiger partial charge is 0.243 e. The molecule has 1 unspecified atom stereocenters. The van der Waals surface area contributed by atoms with Gasteiger partial charge in [-0.15, -0.1) is 0 Å². The molecule has 4 nitrogen and oxygen atoms in total. The number of hydrogen-bond donors (Lipinski definition) is 1. The highest BCUT2D eigenvalue weighted by atomic mass is 32.2. The van der Waals surface area contributed by atoms with Gasteiger partial charge in [-0.25, -0.2) is 12.8 Å². The van der Waals surface area contributed by atoms with Crippen molar-refractivity contribution in [1.82, 2.24) is 4.31 Å². The Labute approximate surface area is 126 Å². The highest BCUT2D eigenvalue weighted by Crippen LogP contribution is 2.27. The van der Waals surface area contributed by atoms with Crippen molar-refractivity contribution < 1.29 is 12.8 Å². The van der Waals surface area contributed by atoms with Gasteiger partial charge < -0.3 is 5.73 Å². The van der Waals surface area contributed by atoms with Gasteiger partial charge in [0.1, 0.15) is 5.82 Å². The minimum atomic E-state index is -3.66. The van der Waals surface area contributed by atoms with Crippen molar-refractivity contribution in [2.45, 2.75) is 44.6 Å². The second kappa shape index (κ2) is 6.42. The number of nitrogens with two attached hydrogens (primary N) is 1. The SMILES string of the molecule is Cc1c(F)cc(CN)cc1S(=O)(=O)N1CCCC(C)CC1. The Balaban J connectivity index is 2.41. The predicted octanol–water partition coefficient (Wildman–Crippen LogP) is 2.40. The van der Waals surface area contributed by atoms with E-state index in [2.05, 4.69) is 6.92 Å². The molecule has 0 aromatic heterocycles.